The lowest BCUT2D eigenvalue weighted by molar-refractivity contribution is 0.0684. The zero-order valence-corrected chi connectivity index (χ0v) is 11.5. The van der Waals surface area contributed by atoms with Crippen molar-refractivity contribution in [2.24, 2.45) is 5.92 Å². The lowest BCUT2D eigenvalue weighted by Crippen LogP contribution is -2.40. The van der Waals surface area contributed by atoms with Crippen LogP contribution in [0, 0.1) is 17.6 Å². The third kappa shape index (κ3) is 3.06. The third-order valence-electron chi connectivity index (χ3n) is 3.66. The second kappa shape index (κ2) is 5.87. The van der Waals surface area contributed by atoms with Crippen LogP contribution in [0.15, 0.2) is 18.2 Å². The van der Waals surface area contributed by atoms with Crippen LogP contribution in [0.5, 0.6) is 0 Å². The molecule has 19 heavy (non-hydrogen) atoms. The number of piperidine rings is 1. The molecule has 0 bridgehead atoms. The van der Waals surface area contributed by atoms with Crippen molar-refractivity contribution in [3.8, 4) is 0 Å². The Kier molecular flexibility index (Phi) is 4.40. The van der Waals surface area contributed by atoms with Gasteiger partial charge in [-0.25, -0.2) is 8.78 Å². The molecule has 1 aromatic carbocycles. The molecule has 1 atom stereocenters. The van der Waals surface area contributed by atoms with E-state index in [2.05, 4.69) is 0 Å². The molecule has 104 valence electrons. The molecule has 5 heteroatoms. The van der Waals surface area contributed by atoms with Gasteiger partial charge in [-0.1, -0.05) is 6.07 Å². The third-order valence-corrected chi connectivity index (χ3v) is 4.01. The zero-order chi connectivity index (χ0) is 14.0. The van der Waals surface area contributed by atoms with Crippen molar-refractivity contribution in [1.82, 2.24) is 4.90 Å². The maximum Gasteiger partial charge on any atom is 0.256 e. The van der Waals surface area contributed by atoms with Gasteiger partial charge in [-0.3, -0.25) is 4.79 Å². The number of hydrogen-bond acceptors (Lipinski definition) is 1. The molecule has 1 aliphatic heterocycles. The Hall–Kier alpha value is -1.16. The Morgan fingerprint density at radius 2 is 2.00 bits per heavy atom. The topological polar surface area (TPSA) is 20.3 Å². The minimum absolute atomic E-state index is 0.0724. The summed E-state index contributed by atoms with van der Waals surface area (Å²) in [5, 5.41) is 0.0724. The highest BCUT2D eigenvalue weighted by atomic mass is 35.5. The van der Waals surface area contributed by atoms with Crippen LogP contribution in [0.4, 0.5) is 8.78 Å². The molecule has 1 unspecified atom stereocenters. The Balaban J connectivity index is 2.07. The molecule has 1 fully saturated rings. The van der Waals surface area contributed by atoms with Crippen LogP contribution in [0.2, 0.25) is 0 Å². The molecule has 1 aromatic rings. The number of nitrogens with zero attached hydrogens (tertiary/aromatic N) is 1. The number of likely N-dealkylation sites (tertiary alicyclic amines) is 1. The second-order valence-electron chi connectivity index (χ2n) is 4.91. The summed E-state index contributed by atoms with van der Waals surface area (Å²) < 4.78 is 26.7. The molecular weight excluding hydrogens is 272 g/mol. The largest absolute Gasteiger partial charge is 0.339 e. The van der Waals surface area contributed by atoms with Gasteiger partial charge >= 0.3 is 0 Å². The van der Waals surface area contributed by atoms with Crippen LogP contribution in [0.1, 0.15) is 30.1 Å². The molecule has 0 radical (unpaired) electrons. The maximum absolute atomic E-state index is 13.6. The van der Waals surface area contributed by atoms with E-state index >= 15 is 0 Å². The van der Waals surface area contributed by atoms with Gasteiger partial charge in [-0.2, -0.15) is 0 Å². The van der Waals surface area contributed by atoms with Gasteiger partial charge in [-0.05, 0) is 37.8 Å². The molecule has 0 spiro atoms. The van der Waals surface area contributed by atoms with Crippen molar-refractivity contribution >= 4 is 17.5 Å². The fourth-order valence-corrected chi connectivity index (χ4v) is 2.65. The van der Waals surface area contributed by atoms with Crippen LogP contribution in [-0.2, 0) is 0 Å². The molecule has 2 rings (SSSR count). The SMILES string of the molecule is CC(Cl)C1CCN(C(=O)c2cccc(F)c2F)CC1. The molecule has 2 nitrogen and oxygen atoms in total. The minimum atomic E-state index is -1.07. The van der Waals surface area contributed by atoms with Crippen LogP contribution >= 0.6 is 11.6 Å². The van der Waals surface area contributed by atoms with Crippen LogP contribution in [0.25, 0.3) is 0 Å². The van der Waals surface area contributed by atoms with Crippen LogP contribution < -0.4 is 0 Å². The molecule has 0 saturated carbocycles. The van der Waals surface area contributed by atoms with E-state index in [1.807, 2.05) is 6.92 Å². The summed E-state index contributed by atoms with van der Waals surface area (Å²) in [6.45, 7) is 3.02. The Morgan fingerprint density at radius 1 is 1.37 bits per heavy atom. The lowest BCUT2D eigenvalue weighted by Gasteiger charge is -2.33. The fraction of sp³-hybridized carbons (Fsp3) is 0.500. The van der Waals surface area contributed by atoms with E-state index < -0.39 is 17.5 Å². The molecule has 0 aromatic heterocycles. The summed E-state index contributed by atoms with van der Waals surface area (Å²) in [6, 6.07) is 3.67. The number of carbonyl (C=O) groups is 1. The first kappa shape index (κ1) is 14.3. The molecule has 1 saturated heterocycles. The minimum Gasteiger partial charge on any atom is -0.339 e. The summed E-state index contributed by atoms with van der Waals surface area (Å²) in [7, 11) is 0. The standard InChI is InChI=1S/C14H16ClF2NO/c1-9(15)10-5-7-18(8-6-10)14(19)11-3-2-4-12(16)13(11)17/h2-4,9-10H,5-8H2,1H3. The quantitative estimate of drug-likeness (QED) is 0.763. The molecule has 1 heterocycles. The van der Waals surface area contributed by atoms with Gasteiger partial charge in [0.25, 0.3) is 5.91 Å². The predicted octanol–water partition coefficient (Wildman–Crippen LogP) is 3.44. The monoisotopic (exact) mass is 287 g/mol. The summed E-state index contributed by atoms with van der Waals surface area (Å²) >= 11 is 6.03. The highest BCUT2D eigenvalue weighted by Gasteiger charge is 2.27. The van der Waals surface area contributed by atoms with Crippen molar-refractivity contribution in [2.75, 3.05) is 13.1 Å². The number of hydrogen-bond donors (Lipinski definition) is 0. The smallest absolute Gasteiger partial charge is 0.256 e. The number of amides is 1. The Bertz CT molecular complexity index is 471. The number of benzene rings is 1. The van der Waals surface area contributed by atoms with E-state index in [1.54, 1.807) is 4.90 Å². The van der Waals surface area contributed by atoms with Gasteiger partial charge in [0.2, 0.25) is 0 Å². The first-order valence-electron chi connectivity index (χ1n) is 6.38. The number of rotatable bonds is 2. The zero-order valence-electron chi connectivity index (χ0n) is 10.7. The Labute approximate surface area is 116 Å². The maximum atomic E-state index is 13.6. The molecule has 1 amide bonds. The van der Waals surface area contributed by atoms with Gasteiger partial charge in [0, 0.05) is 18.5 Å². The normalized spacial score (nSPS) is 18.4. The van der Waals surface area contributed by atoms with Crippen molar-refractivity contribution < 1.29 is 13.6 Å². The van der Waals surface area contributed by atoms with Crippen molar-refractivity contribution in [2.45, 2.75) is 25.1 Å². The highest BCUT2D eigenvalue weighted by molar-refractivity contribution is 6.20. The van der Waals surface area contributed by atoms with Crippen molar-refractivity contribution in [3.63, 3.8) is 0 Å². The highest BCUT2D eigenvalue weighted by Crippen LogP contribution is 2.25. The summed E-state index contributed by atoms with van der Waals surface area (Å²) in [5.74, 6) is -2.13. The predicted molar refractivity (Wildman–Crippen MR) is 70.3 cm³/mol. The molecule has 0 aliphatic carbocycles. The summed E-state index contributed by atoms with van der Waals surface area (Å²) in [4.78, 5) is 13.7. The summed E-state index contributed by atoms with van der Waals surface area (Å²) in [6.07, 6.45) is 1.60. The van der Waals surface area contributed by atoms with Crippen molar-refractivity contribution in [1.29, 1.82) is 0 Å². The number of carbonyl (C=O) groups excluding carboxylic acids is 1. The van der Waals surface area contributed by atoms with E-state index in [0.717, 1.165) is 18.9 Å². The van der Waals surface area contributed by atoms with Gasteiger partial charge < -0.3 is 4.90 Å². The van der Waals surface area contributed by atoms with E-state index in [9.17, 15) is 13.6 Å². The fourth-order valence-electron chi connectivity index (χ4n) is 2.40. The lowest BCUT2D eigenvalue weighted by atomic mass is 9.93. The van der Waals surface area contributed by atoms with Gasteiger partial charge in [0.1, 0.15) is 0 Å². The first-order valence-corrected chi connectivity index (χ1v) is 6.81. The average Bonchev–Trinajstić information content (AvgIpc) is 2.41. The number of halogens is 3. The van der Waals surface area contributed by atoms with Crippen LogP contribution in [0.3, 0.4) is 0 Å². The molecule has 1 aliphatic rings. The van der Waals surface area contributed by atoms with E-state index in [0.29, 0.717) is 19.0 Å². The molecular formula is C14H16ClF2NO. The molecule has 0 N–H and O–H groups in total. The summed E-state index contributed by atoms with van der Waals surface area (Å²) in [5.41, 5.74) is -0.197. The van der Waals surface area contributed by atoms with Gasteiger partial charge in [0.15, 0.2) is 11.6 Å². The van der Waals surface area contributed by atoms with E-state index in [1.165, 1.54) is 12.1 Å². The van der Waals surface area contributed by atoms with Gasteiger partial charge in [-0.15, -0.1) is 11.6 Å². The van der Waals surface area contributed by atoms with Crippen LogP contribution in [-0.4, -0.2) is 29.3 Å². The van der Waals surface area contributed by atoms with E-state index in [-0.39, 0.29) is 10.9 Å². The van der Waals surface area contributed by atoms with Gasteiger partial charge in [0.05, 0.1) is 5.56 Å². The Morgan fingerprint density at radius 3 is 2.58 bits per heavy atom. The first-order chi connectivity index (χ1) is 9.00. The second-order valence-corrected chi connectivity index (χ2v) is 5.60. The van der Waals surface area contributed by atoms with E-state index in [4.69, 9.17) is 11.6 Å². The van der Waals surface area contributed by atoms with Crippen molar-refractivity contribution in [3.05, 3.63) is 35.4 Å². The number of alkyl halides is 1. The average molecular weight is 288 g/mol.